The van der Waals surface area contributed by atoms with Gasteiger partial charge in [0.1, 0.15) is 17.2 Å². The first kappa shape index (κ1) is 26.2. The molecule has 0 bridgehead atoms. The minimum absolute atomic E-state index is 0.0250. The van der Waals surface area contributed by atoms with Crippen LogP contribution in [-0.2, 0) is 25.5 Å². The number of methoxy groups -OCH3 is 1. The van der Waals surface area contributed by atoms with Gasteiger partial charge in [-0.05, 0) is 78.7 Å². The molecule has 1 N–H and O–H groups in total. The minimum atomic E-state index is -0.644. The number of anilines is 2. The average molecular weight is 567 g/mol. The molecule has 1 fully saturated rings. The molecule has 192 valence electrons. The van der Waals surface area contributed by atoms with Crippen molar-refractivity contribution in [3.05, 3.63) is 76.8 Å². The number of rotatable bonds is 9. The van der Waals surface area contributed by atoms with E-state index in [4.69, 9.17) is 14.2 Å². The molecule has 1 saturated heterocycles. The molecular weight excluding hydrogens is 540 g/mol. The van der Waals surface area contributed by atoms with Gasteiger partial charge in [-0.15, -0.1) is 0 Å². The van der Waals surface area contributed by atoms with Crippen LogP contribution in [0.15, 0.2) is 71.2 Å². The maximum atomic E-state index is 12.6. The third kappa shape index (κ3) is 6.68. The molecule has 1 atom stereocenters. The topological polar surface area (TPSA) is 94.2 Å². The second kappa shape index (κ2) is 11.9. The zero-order valence-corrected chi connectivity index (χ0v) is 22.1. The summed E-state index contributed by atoms with van der Waals surface area (Å²) in [5.41, 5.74) is 2.29. The van der Waals surface area contributed by atoms with Crippen molar-refractivity contribution in [1.29, 1.82) is 0 Å². The lowest BCUT2D eigenvalue weighted by molar-refractivity contribution is -0.151. The van der Waals surface area contributed by atoms with Crippen molar-refractivity contribution in [1.82, 2.24) is 0 Å². The molecule has 0 unspecified atom stereocenters. The van der Waals surface area contributed by atoms with E-state index in [1.54, 1.807) is 66.6 Å². The highest BCUT2D eigenvalue weighted by atomic mass is 79.9. The van der Waals surface area contributed by atoms with Crippen molar-refractivity contribution in [2.75, 3.05) is 30.5 Å². The van der Waals surface area contributed by atoms with Crippen molar-refractivity contribution in [3.8, 4) is 17.2 Å². The highest BCUT2D eigenvalue weighted by molar-refractivity contribution is 9.10. The summed E-state index contributed by atoms with van der Waals surface area (Å²) in [7, 11) is 1.60. The van der Waals surface area contributed by atoms with Gasteiger partial charge in [0.05, 0.1) is 13.0 Å². The summed E-state index contributed by atoms with van der Waals surface area (Å²) in [6.07, 6.45) is 0.765. The lowest BCUT2D eigenvalue weighted by Crippen LogP contribution is -2.28. The molecule has 0 aromatic heterocycles. The molecule has 1 heterocycles. The van der Waals surface area contributed by atoms with Gasteiger partial charge in [0.25, 0.3) is 5.91 Å². The lowest BCUT2D eigenvalue weighted by atomic mass is 10.1. The Kier molecular flexibility index (Phi) is 8.45. The summed E-state index contributed by atoms with van der Waals surface area (Å²) in [5, 5.41) is 2.77. The molecule has 0 aliphatic carbocycles. The number of carbonyl (C=O) groups excluding carboxylic acids is 3. The molecule has 1 aliphatic rings. The summed E-state index contributed by atoms with van der Waals surface area (Å²) in [4.78, 5) is 39.0. The summed E-state index contributed by atoms with van der Waals surface area (Å²) < 4.78 is 17.1. The molecule has 0 radical (unpaired) electrons. The first-order chi connectivity index (χ1) is 17.9. The maximum absolute atomic E-state index is 12.6. The third-order valence-electron chi connectivity index (χ3n) is 5.97. The van der Waals surface area contributed by atoms with Crippen LogP contribution in [0, 0.1) is 5.92 Å². The standard InChI is InChI=1S/C28H27BrN2O6/c1-3-18-14-20(29)4-13-25(18)30-26(32)17-36-28(34)19-15-27(33)31(16-19)21-5-7-23(8-6-21)37-24-11-9-22(35-2)10-12-24/h4-14,19H,3,15-17H2,1-2H3,(H,30,32)/t19-/m0/s1. The monoisotopic (exact) mass is 566 g/mol. The first-order valence-corrected chi connectivity index (χ1v) is 12.6. The summed E-state index contributed by atoms with van der Waals surface area (Å²) in [6, 6.07) is 19.8. The molecule has 8 nitrogen and oxygen atoms in total. The molecule has 2 amide bonds. The Morgan fingerprint density at radius 3 is 2.30 bits per heavy atom. The van der Waals surface area contributed by atoms with E-state index < -0.39 is 24.4 Å². The fraction of sp³-hybridized carbons (Fsp3) is 0.250. The highest BCUT2D eigenvalue weighted by Gasteiger charge is 2.36. The minimum Gasteiger partial charge on any atom is -0.497 e. The van der Waals surface area contributed by atoms with Gasteiger partial charge in [0, 0.05) is 28.8 Å². The van der Waals surface area contributed by atoms with E-state index in [1.165, 1.54) is 0 Å². The maximum Gasteiger partial charge on any atom is 0.311 e. The van der Waals surface area contributed by atoms with Gasteiger partial charge >= 0.3 is 5.97 Å². The molecule has 0 spiro atoms. The number of hydrogen-bond donors (Lipinski definition) is 1. The van der Waals surface area contributed by atoms with Crippen LogP contribution >= 0.6 is 15.9 Å². The van der Waals surface area contributed by atoms with Crippen LogP contribution in [0.2, 0.25) is 0 Å². The van der Waals surface area contributed by atoms with Crippen LogP contribution < -0.4 is 19.7 Å². The molecular formula is C28H27BrN2O6. The Labute approximate surface area is 223 Å². The van der Waals surface area contributed by atoms with Gasteiger partial charge in [0.15, 0.2) is 6.61 Å². The van der Waals surface area contributed by atoms with Gasteiger partial charge < -0.3 is 24.4 Å². The Morgan fingerprint density at radius 2 is 1.65 bits per heavy atom. The fourth-order valence-electron chi connectivity index (χ4n) is 4.01. The van der Waals surface area contributed by atoms with Gasteiger partial charge in [-0.2, -0.15) is 0 Å². The normalized spacial score (nSPS) is 14.8. The molecule has 0 saturated carbocycles. The van der Waals surface area contributed by atoms with Crippen molar-refractivity contribution in [3.63, 3.8) is 0 Å². The third-order valence-corrected chi connectivity index (χ3v) is 6.46. The number of aryl methyl sites for hydroxylation is 1. The number of hydrogen-bond acceptors (Lipinski definition) is 6. The second-order valence-electron chi connectivity index (χ2n) is 8.49. The van der Waals surface area contributed by atoms with E-state index in [2.05, 4.69) is 21.2 Å². The predicted octanol–water partition coefficient (Wildman–Crippen LogP) is 5.35. The largest absolute Gasteiger partial charge is 0.497 e. The van der Waals surface area contributed by atoms with Crippen molar-refractivity contribution < 1.29 is 28.6 Å². The second-order valence-corrected chi connectivity index (χ2v) is 9.40. The molecule has 9 heteroatoms. The molecule has 3 aromatic rings. The Morgan fingerprint density at radius 1 is 1.00 bits per heavy atom. The van der Waals surface area contributed by atoms with E-state index in [0.717, 1.165) is 22.2 Å². The number of nitrogens with one attached hydrogen (secondary N) is 1. The van der Waals surface area contributed by atoms with Gasteiger partial charge in [-0.3, -0.25) is 14.4 Å². The van der Waals surface area contributed by atoms with Gasteiger partial charge in [0.2, 0.25) is 5.91 Å². The van der Waals surface area contributed by atoms with Crippen LogP contribution in [0.5, 0.6) is 17.2 Å². The zero-order valence-electron chi connectivity index (χ0n) is 20.5. The van der Waals surface area contributed by atoms with Crippen LogP contribution in [0.3, 0.4) is 0 Å². The van der Waals surface area contributed by atoms with E-state index >= 15 is 0 Å². The van der Waals surface area contributed by atoms with Crippen LogP contribution in [0.25, 0.3) is 0 Å². The van der Waals surface area contributed by atoms with E-state index in [0.29, 0.717) is 22.9 Å². The van der Waals surface area contributed by atoms with Gasteiger partial charge in [-0.25, -0.2) is 0 Å². The zero-order chi connectivity index (χ0) is 26.4. The molecule has 3 aromatic carbocycles. The summed E-state index contributed by atoms with van der Waals surface area (Å²) in [5.74, 6) is 0.172. The van der Waals surface area contributed by atoms with E-state index in [-0.39, 0.29) is 18.9 Å². The van der Waals surface area contributed by atoms with Crippen LogP contribution in [0.4, 0.5) is 11.4 Å². The van der Waals surface area contributed by atoms with Crippen LogP contribution in [0.1, 0.15) is 18.9 Å². The number of halogens is 1. The Hall–Kier alpha value is -3.85. The van der Waals surface area contributed by atoms with Gasteiger partial charge in [-0.1, -0.05) is 22.9 Å². The van der Waals surface area contributed by atoms with Crippen molar-refractivity contribution in [2.45, 2.75) is 19.8 Å². The number of amides is 2. The van der Waals surface area contributed by atoms with Crippen LogP contribution in [-0.4, -0.2) is 38.0 Å². The molecule has 1 aliphatic heterocycles. The predicted molar refractivity (Wildman–Crippen MR) is 143 cm³/mol. The quantitative estimate of drug-likeness (QED) is 0.351. The Bertz CT molecular complexity index is 1280. The summed E-state index contributed by atoms with van der Waals surface area (Å²) >= 11 is 3.41. The summed E-state index contributed by atoms with van der Waals surface area (Å²) in [6.45, 7) is 1.76. The lowest BCUT2D eigenvalue weighted by Gasteiger charge is -2.17. The highest BCUT2D eigenvalue weighted by Crippen LogP contribution is 2.30. The molecule has 37 heavy (non-hydrogen) atoms. The number of nitrogens with zero attached hydrogens (tertiary/aromatic N) is 1. The Balaban J connectivity index is 1.29. The smallest absolute Gasteiger partial charge is 0.311 e. The van der Waals surface area contributed by atoms with Crippen molar-refractivity contribution >= 4 is 45.1 Å². The van der Waals surface area contributed by atoms with E-state index in [1.807, 2.05) is 19.1 Å². The van der Waals surface area contributed by atoms with E-state index in [9.17, 15) is 14.4 Å². The van der Waals surface area contributed by atoms with Crippen molar-refractivity contribution in [2.24, 2.45) is 5.92 Å². The first-order valence-electron chi connectivity index (χ1n) is 11.8. The number of benzene rings is 3. The SMILES string of the molecule is CCc1cc(Br)ccc1NC(=O)COC(=O)[C@H]1CC(=O)N(c2ccc(Oc3ccc(OC)cc3)cc2)C1. The number of carbonyl (C=O) groups is 3. The average Bonchev–Trinajstić information content (AvgIpc) is 3.30. The number of ether oxygens (including phenoxy) is 3. The number of esters is 1. The molecule has 4 rings (SSSR count). The fourth-order valence-corrected chi connectivity index (χ4v) is 4.42.